The maximum absolute atomic E-state index is 11.1. The molecule has 0 aliphatic rings. The zero-order chi connectivity index (χ0) is 15.0. The first kappa shape index (κ1) is 16.6. The van der Waals surface area contributed by atoms with Crippen molar-refractivity contribution in [3.63, 3.8) is 0 Å². The third kappa shape index (κ3) is 4.93. The van der Waals surface area contributed by atoms with Crippen molar-refractivity contribution in [3.05, 3.63) is 39.9 Å². The zero-order valence-corrected chi connectivity index (χ0v) is 12.8. The molecule has 1 N–H and O–H groups in total. The van der Waals surface area contributed by atoms with Crippen molar-refractivity contribution in [1.82, 2.24) is 5.32 Å². The van der Waals surface area contributed by atoms with E-state index in [1.54, 1.807) is 12.1 Å². The lowest BCUT2D eigenvalue weighted by atomic mass is 10.0. The maximum atomic E-state index is 11.1. The van der Waals surface area contributed by atoms with Crippen molar-refractivity contribution < 1.29 is 4.92 Å². The lowest BCUT2D eigenvalue weighted by Crippen LogP contribution is -2.31. The molecule has 1 aromatic carbocycles. The highest BCUT2D eigenvalue weighted by Crippen LogP contribution is 2.25. The minimum atomic E-state index is -0.297. The Kier molecular flexibility index (Phi) is 7.23. The van der Waals surface area contributed by atoms with E-state index in [0.29, 0.717) is 6.04 Å². The van der Waals surface area contributed by atoms with Crippen molar-refractivity contribution in [2.45, 2.75) is 65.0 Å². The van der Waals surface area contributed by atoms with Crippen LogP contribution in [0.3, 0.4) is 0 Å². The second-order valence-electron chi connectivity index (χ2n) is 5.33. The van der Waals surface area contributed by atoms with Gasteiger partial charge < -0.3 is 5.32 Å². The van der Waals surface area contributed by atoms with Gasteiger partial charge >= 0.3 is 0 Å². The molecule has 4 heteroatoms. The van der Waals surface area contributed by atoms with Crippen LogP contribution in [-0.4, -0.2) is 11.0 Å². The van der Waals surface area contributed by atoms with Crippen LogP contribution in [0.5, 0.6) is 0 Å². The van der Waals surface area contributed by atoms with Crippen molar-refractivity contribution in [3.8, 4) is 0 Å². The summed E-state index contributed by atoms with van der Waals surface area (Å²) < 4.78 is 0. The standard InChI is InChI=1S/C16H26N2O2/c1-4-6-10-14(9-5-2)17-13(3)15-11-7-8-12-16(15)18(19)20/h7-8,11-14,17H,4-6,9-10H2,1-3H3. The highest BCUT2D eigenvalue weighted by atomic mass is 16.6. The van der Waals surface area contributed by atoms with Crippen molar-refractivity contribution >= 4 is 5.69 Å². The van der Waals surface area contributed by atoms with Crippen molar-refractivity contribution in [1.29, 1.82) is 0 Å². The number of nitrogens with zero attached hydrogens (tertiary/aromatic N) is 1. The smallest absolute Gasteiger partial charge is 0.274 e. The highest BCUT2D eigenvalue weighted by molar-refractivity contribution is 5.41. The number of para-hydroxylation sites is 1. The molecule has 4 nitrogen and oxygen atoms in total. The summed E-state index contributed by atoms with van der Waals surface area (Å²) in [5.74, 6) is 0. The van der Waals surface area contributed by atoms with Gasteiger partial charge in [0, 0.05) is 23.7 Å². The third-order valence-corrected chi connectivity index (χ3v) is 3.63. The topological polar surface area (TPSA) is 55.2 Å². The fourth-order valence-electron chi connectivity index (χ4n) is 2.57. The summed E-state index contributed by atoms with van der Waals surface area (Å²) in [6.07, 6.45) is 5.76. The van der Waals surface area contributed by atoms with Crippen LogP contribution in [0.25, 0.3) is 0 Å². The van der Waals surface area contributed by atoms with Crippen LogP contribution in [0.4, 0.5) is 5.69 Å². The molecule has 20 heavy (non-hydrogen) atoms. The summed E-state index contributed by atoms with van der Waals surface area (Å²) in [6.45, 7) is 6.38. The molecule has 112 valence electrons. The largest absolute Gasteiger partial charge is 0.307 e. The Hall–Kier alpha value is -1.42. The minimum Gasteiger partial charge on any atom is -0.307 e. The van der Waals surface area contributed by atoms with Gasteiger partial charge in [-0.05, 0) is 19.8 Å². The Morgan fingerprint density at radius 3 is 2.50 bits per heavy atom. The zero-order valence-electron chi connectivity index (χ0n) is 12.8. The quantitative estimate of drug-likeness (QED) is 0.530. The number of unbranched alkanes of at least 4 members (excludes halogenated alkanes) is 1. The normalized spacial score (nSPS) is 13.9. The van der Waals surface area contributed by atoms with Crippen LogP contribution in [0.2, 0.25) is 0 Å². The average molecular weight is 278 g/mol. The van der Waals surface area contributed by atoms with Crippen molar-refractivity contribution in [2.75, 3.05) is 0 Å². The number of hydrogen-bond donors (Lipinski definition) is 1. The first-order chi connectivity index (χ1) is 9.60. The summed E-state index contributed by atoms with van der Waals surface area (Å²) in [5, 5.41) is 14.6. The molecule has 0 aromatic heterocycles. The van der Waals surface area contributed by atoms with E-state index in [9.17, 15) is 10.1 Å². The molecule has 0 fully saturated rings. The second-order valence-corrected chi connectivity index (χ2v) is 5.33. The van der Waals surface area contributed by atoms with Gasteiger partial charge in [0.25, 0.3) is 5.69 Å². The van der Waals surface area contributed by atoms with E-state index in [1.807, 2.05) is 19.1 Å². The van der Waals surface area contributed by atoms with Gasteiger partial charge in [0.2, 0.25) is 0 Å². The number of benzene rings is 1. The molecule has 0 aliphatic carbocycles. The molecule has 2 atom stereocenters. The van der Waals surface area contributed by atoms with E-state index in [-0.39, 0.29) is 16.7 Å². The summed E-state index contributed by atoms with van der Waals surface area (Å²) in [4.78, 5) is 10.8. The first-order valence-electron chi connectivity index (χ1n) is 7.59. The number of nitro benzene ring substituents is 1. The van der Waals surface area contributed by atoms with E-state index < -0.39 is 0 Å². The molecular formula is C16H26N2O2. The summed E-state index contributed by atoms with van der Waals surface area (Å²) in [5.41, 5.74) is 0.980. The van der Waals surface area contributed by atoms with E-state index in [4.69, 9.17) is 0 Å². The van der Waals surface area contributed by atoms with E-state index in [2.05, 4.69) is 19.2 Å². The number of rotatable bonds is 9. The van der Waals surface area contributed by atoms with Gasteiger partial charge in [0.1, 0.15) is 0 Å². The Morgan fingerprint density at radius 1 is 1.20 bits per heavy atom. The van der Waals surface area contributed by atoms with Crippen LogP contribution >= 0.6 is 0 Å². The first-order valence-corrected chi connectivity index (χ1v) is 7.59. The summed E-state index contributed by atoms with van der Waals surface area (Å²) in [6, 6.07) is 7.45. The predicted octanol–water partition coefficient (Wildman–Crippen LogP) is 4.60. The molecule has 0 saturated heterocycles. The molecule has 0 saturated carbocycles. The monoisotopic (exact) mass is 278 g/mol. The molecule has 0 amide bonds. The molecule has 2 unspecified atom stereocenters. The number of nitrogens with one attached hydrogen (secondary N) is 1. The molecule has 0 bridgehead atoms. The summed E-state index contributed by atoms with van der Waals surface area (Å²) in [7, 11) is 0. The number of hydrogen-bond acceptors (Lipinski definition) is 3. The van der Waals surface area contributed by atoms with E-state index >= 15 is 0 Å². The van der Waals surface area contributed by atoms with E-state index in [0.717, 1.165) is 24.8 Å². The molecular weight excluding hydrogens is 252 g/mol. The minimum absolute atomic E-state index is 0.00464. The second kappa shape index (κ2) is 8.69. The van der Waals surface area contributed by atoms with E-state index in [1.165, 1.54) is 12.8 Å². The van der Waals surface area contributed by atoms with Gasteiger partial charge in [-0.1, -0.05) is 51.3 Å². The molecule has 0 radical (unpaired) electrons. The maximum Gasteiger partial charge on any atom is 0.274 e. The molecule has 0 aliphatic heterocycles. The summed E-state index contributed by atoms with van der Waals surface area (Å²) >= 11 is 0. The van der Waals surface area contributed by atoms with Crippen molar-refractivity contribution in [2.24, 2.45) is 0 Å². The fourth-order valence-corrected chi connectivity index (χ4v) is 2.57. The van der Waals surface area contributed by atoms with Gasteiger partial charge in [0.05, 0.1) is 4.92 Å². The van der Waals surface area contributed by atoms with Gasteiger partial charge in [-0.2, -0.15) is 0 Å². The Morgan fingerprint density at radius 2 is 1.90 bits per heavy atom. The van der Waals surface area contributed by atoms with Gasteiger partial charge in [0.15, 0.2) is 0 Å². The Bertz CT molecular complexity index is 421. The Labute approximate surface area is 121 Å². The Balaban J connectivity index is 2.77. The lowest BCUT2D eigenvalue weighted by Gasteiger charge is -2.23. The average Bonchev–Trinajstić information content (AvgIpc) is 2.44. The predicted molar refractivity (Wildman–Crippen MR) is 82.9 cm³/mol. The molecule has 0 heterocycles. The third-order valence-electron chi connectivity index (χ3n) is 3.63. The molecule has 1 rings (SSSR count). The van der Waals surface area contributed by atoms with Gasteiger partial charge in [-0.15, -0.1) is 0 Å². The van der Waals surface area contributed by atoms with Crippen LogP contribution in [-0.2, 0) is 0 Å². The van der Waals surface area contributed by atoms with Crippen LogP contribution < -0.4 is 5.32 Å². The van der Waals surface area contributed by atoms with Crippen LogP contribution in [0, 0.1) is 10.1 Å². The fraction of sp³-hybridized carbons (Fsp3) is 0.625. The van der Waals surface area contributed by atoms with Crippen LogP contribution in [0.15, 0.2) is 24.3 Å². The van der Waals surface area contributed by atoms with Gasteiger partial charge in [-0.25, -0.2) is 0 Å². The SMILES string of the molecule is CCCCC(CCC)NC(C)c1ccccc1[N+](=O)[O-]. The lowest BCUT2D eigenvalue weighted by molar-refractivity contribution is -0.385. The highest BCUT2D eigenvalue weighted by Gasteiger charge is 2.20. The number of nitro groups is 1. The van der Waals surface area contributed by atoms with Gasteiger partial charge in [-0.3, -0.25) is 10.1 Å². The van der Waals surface area contributed by atoms with Crippen LogP contribution in [0.1, 0.15) is 64.5 Å². The molecule has 0 spiro atoms. The molecule has 1 aromatic rings.